The van der Waals surface area contributed by atoms with Crippen LogP contribution >= 0.6 is 0 Å². The smallest absolute Gasteiger partial charge is 0.305 e. The maximum Gasteiger partial charge on any atom is 0.385 e. The number of diazo groups is 1. The SMILES string of the molecule is N#[N+]c1ccc(-c2ccnc(-c3ccccn3)c2)cc1.[Ir].[c-]1ccccc1-c1ccccn1.[c-]1ccccc1-c1ccccn1. The molecule has 4 heterocycles. The van der Waals surface area contributed by atoms with Crippen LogP contribution in [0.1, 0.15) is 0 Å². The summed E-state index contributed by atoms with van der Waals surface area (Å²) < 4.78 is 0. The second kappa shape index (κ2) is 17.4. The van der Waals surface area contributed by atoms with Crippen molar-refractivity contribution in [3.63, 3.8) is 0 Å². The second-order valence-corrected chi connectivity index (χ2v) is 9.27. The molecule has 6 nitrogen and oxygen atoms in total. The standard InChI is InChI=1S/C16H11N4.2C11H8N.Ir/c17-20-14-6-4-12(5-7-14)13-8-10-19-16(11-13)15-3-1-2-9-18-15;2*1-2-6-10(7-3-1)11-8-4-5-9-12-11;/h1-11H;2*1-6,8-9H;/q+1;2*-1;. The zero-order valence-corrected chi connectivity index (χ0v) is 26.5. The molecular formula is C38H27IrN6-. The fourth-order valence-electron chi connectivity index (χ4n) is 4.13. The van der Waals surface area contributed by atoms with Crippen molar-refractivity contribution < 1.29 is 20.1 Å². The first kappa shape index (κ1) is 32.2. The summed E-state index contributed by atoms with van der Waals surface area (Å²) in [6, 6.07) is 50.7. The van der Waals surface area contributed by atoms with Gasteiger partial charge in [0.25, 0.3) is 0 Å². The molecule has 4 aromatic heterocycles. The van der Waals surface area contributed by atoms with E-state index in [1.54, 1.807) is 36.9 Å². The minimum atomic E-state index is 0. The van der Waals surface area contributed by atoms with Crippen LogP contribution in [0, 0.1) is 17.5 Å². The molecule has 0 saturated carbocycles. The van der Waals surface area contributed by atoms with Crippen LogP contribution in [0.4, 0.5) is 5.69 Å². The molecule has 7 heteroatoms. The van der Waals surface area contributed by atoms with Crippen molar-refractivity contribution in [2.45, 2.75) is 0 Å². The van der Waals surface area contributed by atoms with Gasteiger partial charge in [0.2, 0.25) is 5.39 Å². The monoisotopic (exact) mass is 760 g/mol. The van der Waals surface area contributed by atoms with Crippen LogP contribution in [0.2, 0.25) is 0 Å². The van der Waals surface area contributed by atoms with Crippen LogP contribution in [0.15, 0.2) is 164 Å². The molecule has 0 amide bonds. The van der Waals surface area contributed by atoms with Crippen LogP contribution in [-0.2, 0) is 20.1 Å². The summed E-state index contributed by atoms with van der Waals surface area (Å²) in [4.78, 5) is 20.2. The molecule has 0 bridgehead atoms. The Kier molecular flexibility index (Phi) is 12.5. The zero-order chi connectivity index (χ0) is 30.2. The quantitative estimate of drug-likeness (QED) is 0.132. The number of benzene rings is 3. The van der Waals surface area contributed by atoms with Crippen molar-refractivity contribution in [1.82, 2.24) is 19.9 Å². The molecular weight excluding hydrogens is 733 g/mol. The number of aromatic nitrogens is 4. The molecule has 0 saturated heterocycles. The summed E-state index contributed by atoms with van der Waals surface area (Å²) in [7, 11) is 0. The predicted octanol–water partition coefficient (Wildman–Crippen LogP) is 9.39. The first-order valence-corrected chi connectivity index (χ1v) is 13.9. The Morgan fingerprint density at radius 3 is 1.38 bits per heavy atom. The predicted molar refractivity (Wildman–Crippen MR) is 175 cm³/mol. The molecule has 7 aromatic rings. The molecule has 0 aliphatic rings. The first-order chi connectivity index (χ1) is 21.8. The Hall–Kier alpha value is -5.67. The van der Waals surface area contributed by atoms with E-state index >= 15 is 0 Å². The number of nitrogens with zero attached hydrogens (tertiary/aromatic N) is 6. The third-order valence-electron chi connectivity index (χ3n) is 6.30. The molecule has 0 atom stereocenters. The van der Waals surface area contributed by atoms with Crippen LogP contribution < -0.4 is 0 Å². The summed E-state index contributed by atoms with van der Waals surface area (Å²) in [5.74, 6) is 0. The number of pyridine rings is 4. The Balaban J connectivity index is 0.000000160. The molecule has 0 unspecified atom stereocenters. The van der Waals surface area contributed by atoms with E-state index in [4.69, 9.17) is 5.39 Å². The van der Waals surface area contributed by atoms with Gasteiger partial charge >= 0.3 is 5.69 Å². The molecule has 3 aromatic carbocycles. The minimum absolute atomic E-state index is 0. The second-order valence-electron chi connectivity index (χ2n) is 9.27. The molecule has 45 heavy (non-hydrogen) atoms. The van der Waals surface area contributed by atoms with Gasteiger partial charge in [-0.25, -0.2) is 0 Å². The van der Waals surface area contributed by atoms with Crippen molar-refractivity contribution in [3.05, 3.63) is 181 Å². The van der Waals surface area contributed by atoms with Gasteiger partial charge in [0.15, 0.2) is 4.98 Å². The largest absolute Gasteiger partial charge is 0.385 e. The van der Waals surface area contributed by atoms with Gasteiger partial charge in [-0.2, -0.15) is 0 Å². The van der Waals surface area contributed by atoms with E-state index in [2.05, 4.69) is 37.0 Å². The first-order valence-electron chi connectivity index (χ1n) is 13.9. The van der Waals surface area contributed by atoms with Gasteiger partial charge in [-0.05, 0) is 71.0 Å². The van der Waals surface area contributed by atoms with Crippen LogP contribution in [0.3, 0.4) is 0 Å². The molecule has 1 radical (unpaired) electrons. The molecule has 219 valence electrons. The summed E-state index contributed by atoms with van der Waals surface area (Å²) in [5.41, 5.74) is 8.32. The van der Waals surface area contributed by atoms with Gasteiger partial charge < -0.3 is 9.97 Å². The molecule has 0 spiro atoms. The van der Waals surface area contributed by atoms with Crippen molar-refractivity contribution in [2.75, 3.05) is 0 Å². The van der Waals surface area contributed by atoms with E-state index < -0.39 is 0 Å². The summed E-state index contributed by atoms with van der Waals surface area (Å²) >= 11 is 0. The number of hydrogen-bond acceptors (Lipinski definition) is 5. The Morgan fingerprint density at radius 2 is 0.933 bits per heavy atom. The third-order valence-corrected chi connectivity index (χ3v) is 6.30. The average Bonchev–Trinajstić information content (AvgIpc) is 3.14. The zero-order valence-electron chi connectivity index (χ0n) is 24.1. The van der Waals surface area contributed by atoms with Gasteiger partial charge in [0.05, 0.1) is 11.4 Å². The van der Waals surface area contributed by atoms with Gasteiger partial charge in [0, 0.05) is 57.0 Å². The topological polar surface area (TPSA) is 79.7 Å². The van der Waals surface area contributed by atoms with E-state index in [0.717, 1.165) is 45.0 Å². The maximum absolute atomic E-state index is 8.70. The molecule has 0 fully saturated rings. The van der Waals surface area contributed by atoms with Crippen LogP contribution in [0.5, 0.6) is 0 Å². The average molecular weight is 760 g/mol. The van der Waals surface area contributed by atoms with Crippen LogP contribution in [-0.4, -0.2) is 19.9 Å². The number of rotatable bonds is 4. The van der Waals surface area contributed by atoms with E-state index in [0.29, 0.717) is 5.69 Å². The van der Waals surface area contributed by atoms with E-state index in [-0.39, 0.29) is 20.1 Å². The van der Waals surface area contributed by atoms with E-state index in [9.17, 15) is 0 Å². The van der Waals surface area contributed by atoms with Gasteiger partial charge in [0.1, 0.15) is 0 Å². The normalized spacial score (nSPS) is 9.58. The minimum Gasteiger partial charge on any atom is -0.305 e. The maximum atomic E-state index is 8.70. The van der Waals surface area contributed by atoms with Crippen molar-refractivity contribution >= 4 is 5.69 Å². The van der Waals surface area contributed by atoms with E-state index in [1.807, 2.05) is 127 Å². The van der Waals surface area contributed by atoms with E-state index in [1.165, 1.54) is 0 Å². The van der Waals surface area contributed by atoms with Gasteiger partial charge in [-0.1, -0.05) is 30.3 Å². The van der Waals surface area contributed by atoms with Crippen molar-refractivity contribution in [2.24, 2.45) is 0 Å². The Bertz CT molecular complexity index is 1730. The summed E-state index contributed by atoms with van der Waals surface area (Å²) in [6.45, 7) is 0. The van der Waals surface area contributed by atoms with Gasteiger partial charge in [-0.15, -0.1) is 71.8 Å². The number of hydrogen-bond donors (Lipinski definition) is 0. The molecule has 7 rings (SSSR count). The summed E-state index contributed by atoms with van der Waals surface area (Å²) in [6.07, 6.45) is 7.09. The fraction of sp³-hybridized carbons (Fsp3) is 0. The molecule has 0 aliphatic heterocycles. The molecule has 0 aliphatic carbocycles. The summed E-state index contributed by atoms with van der Waals surface area (Å²) in [5, 5.41) is 8.70. The molecule has 0 N–H and O–H groups in total. The fourth-order valence-corrected chi connectivity index (χ4v) is 4.13. The Labute approximate surface area is 276 Å². The van der Waals surface area contributed by atoms with Crippen molar-refractivity contribution in [3.8, 4) is 45.0 Å². The van der Waals surface area contributed by atoms with Gasteiger partial charge in [-0.3, -0.25) is 9.97 Å². The van der Waals surface area contributed by atoms with Crippen LogP contribution in [0.25, 0.3) is 50.0 Å². The third kappa shape index (κ3) is 9.67. The van der Waals surface area contributed by atoms with Crippen molar-refractivity contribution in [1.29, 1.82) is 5.39 Å². The Morgan fingerprint density at radius 1 is 0.444 bits per heavy atom.